The third-order valence-electron chi connectivity index (χ3n) is 4.79. The number of carbonyl (C=O) groups excluding carboxylic acids is 1. The topological polar surface area (TPSA) is 46.1 Å². The fraction of sp³-hybridized carbons (Fsp3) is 0.286. The van der Waals surface area contributed by atoms with Crippen LogP contribution in [0.4, 0.5) is 5.82 Å². The van der Waals surface area contributed by atoms with Crippen molar-refractivity contribution >= 4 is 23.1 Å². The molecule has 0 saturated carbocycles. The van der Waals surface area contributed by atoms with Gasteiger partial charge in [-0.3, -0.25) is 4.98 Å². The van der Waals surface area contributed by atoms with Gasteiger partial charge in [0.15, 0.2) is 0 Å². The van der Waals surface area contributed by atoms with Crippen LogP contribution in [0.5, 0.6) is 0 Å². The van der Waals surface area contributed by atoms with E-state index in [1.54, 1.807) is 0 Å². The van der Waals surface area contributed by atoms with Gasteiger partial charge in [0.2, 0.25) is 0 Å². The number of hydrogen-bond donors (Lipinski definition) is 0. The Hall–Kier alpha value is -2.75. The molecular weight excluding hydrogens is 310 g/mol. The van der Waals surface area contributed by atoms with Crippen molar-refractivity contribution in [1.29, 1.82) is 0 Å². The van der Waals surface area contributed by atoms with Crippen LogP contribution in [0.15, 0.2) is 48.7 Å². The quantitative estimate of drug-likeness (QED) is 0.677. The Labute approximate surface area is 147 Å². The van der Waals surface area contributed by atoms with Crippen molar-refractivity contribution in [2.75, 3.05) is 18.0 Å². The molecule has 4 rings (SSSR count). The number of aromatic nitrogens is 2. The van der Waals surface area contributed by atoms with Gasteiger partial charge >= 0.3 is 0 Å². The zero-order valence-electron chi connectivity index (χ0n) is 14.2. The summed E-state index contributed by atoms with van der Waals surface area (Å²) in [5, 5.41) is 0. The van der Waals surface area contributed by atoms with E-state index in [4.69, 9.17) is 4.98 Å². The first-order valence-corrected chi connectivity index (χ1v) is 8.88. The number of fused-ring (bicyclic) bond motifs is 1. The van der Waals surface area contributed by atoms with Crippen LogP contribution in [0.2, 0.25) is 0 Å². The largest absolute Gasteiger partial charge is 0.355 e. The maximum Gasteiger partial charge on any atom is 0.147 e. The Balaban J connectivity index is 1.70. The van der Waals surface area contributed by atoms with Gasteiger partial charge in [-0.2, -0.15) is 0 Å². The molecule has 1 aromatic heterocycles. The molecule has 3 aromatic rings. The van der Waals surface area contributed by atoms with E-state index in [-0.39, 0.29) is 0 Å². The zero-order valence-corrected chi connectivity index (χ0v) is 14.2. The predicted octanol–water partition coefficient (Wildman–Crippen LogP) is 4.03. The summed E-state index contributed by atoms with van der Waals surface area (Å²) in [6, 6.07) is 14.3. The molecule has 25 heavy (non-hydrogen) atoms. The number of hydrogen-bond acceptors (Lipinski definition) is 4. The average Bonchev–Trinajstić information content (AvgIpc) is 2.68. The van der Waals surface area contributed by atoms with E-state index in [2.05, 4.69) is 34.1 Å². The second-order valence-electron chi connectivity index (χ2n) is 6.55. The molecule has 1 aliphatic rings. The van der Waals surface area contributed by atoms with Gasteiger partial charge < -0.3 is 9.69 Å². The van der Waals surface area contributed by atoms with E-state index in [1.807, 2.05) is 24.4 Å². The molecule has 0 spiro atoms. The van der Waals surface area contributed by atoms with E-state index in [1.165, 1.54) is 19.3 Å². The predicted molar refractivity (Wildman–Crippen MR) is 101 cm³/mol. The molecule has 0 unspecified atom stereocenters. The molecule has 0 aliphatic carbocycles. The minimum atomic E-state index is 0.445. The SMILES string of the molecule is O=CCc1cccc(-c2ccc3ncc(N4CCCCC4)nc3c2)c1. The van der Waals surface area contributed by atoms with Gasteiger partial charge in [-0.1, -0.05) is 30.3 Å². The summed E-state index contributed by atoms with van der Waals surface area (Å²) in [6.45, 7) is 2.13. The van der Waals surface area contributed by atoms with Gasteiger partial charge in [0.05, 0.1) is 17.2 Å². The Morgan fingerprint density at radius 3 is 2.64 bits per heavy atom. The third kappa shape index (κ3) is 3.38. The van der Waals surface area contributed by atoms with Crippen LogP contribution < -0.4 is 4.90 Å². The summed E-state index contributed by atoms with van der Waals surface area (Å²) >= 11 is 0. The maximum atomic E-state index is 10.8. The second kappa shape index (κ2) is 7.01. The molecule has 1 aliphatic heterocycles. The van der Waals surface area contributed by atoms with Crippen LogP contribution in [-0.2, 0) is 11.2 Å². The number of anilines is 1. The number of benzene rings is 2. The van der Waals surface area contributed by atoms with Crippen molar-refractivity contribution in [2.24, 2.45) is 0 Å². The second-order valence-corrected chi connectivity index (χ2v) is 6.55. The van der Waals surface area contributed by atoms with Crippen LogP contribution in [0.25, 0.3) is 22.2 Å². The normalized spacial score (nSPS) is 14.6. The van der Waals surface area contributed by atoms with Crippen LogP contribution in [0.1, 0.15) is 24.8 Å². The molecule has 2 heterocycles. The lowest BCUT2D eigenvalue weighted by Gasteiger charge is -2.27. The summed E-state index contributed by atoms with van der Waals surface area (Å²) in [7, 11) is 0. The Bertz CT molecular complexity index is 901. The van der Waals surface area contributed by atoms with Gasteiger partial charge in [-0.25, -0.2) is 4.98 Å². The smallest absolute Gasteiger partial charge is 0.147 e. The molecule has 1 saturated heterocycles. The van der Waals surface area contributed by atoms with Gasteiger partial charge in [0, 0.05) is 19.5 Å². The van der Waals surface area contributed by atoms with Crippen LogP contribution in [0.3, 0.4) is 0 Å². The molecule has 1 fully saturated rings. The molecule has 0 amide bonds. The summed E-state index contributed by atoms with van der Waals surface area (Å²) in [6.07, 6.45) is 7.03. The zero-order chi connectivity index (χ0) is 17.1. The van der Waals surface area contributed by atoms with Gasteiger partial charge in [0.1, 0.15) is 12.1 Å². The highest BCUT2D eigenvalue weighted by atomic mass is 16.1. The molecule has 0 atom stereocenters. The monoisotopic (exact) mass is 331 g/mol. The van der Waals surface area contributed by atoms with E-state index in [0.29, 0.717) is 6.42 Å². The molecule has 0 N–H and O–H groups in total. The van der Waals surface area contributed by atoms with Crippen molar-refractivity contribution in [3.8, 4) is 11.1 Å². The van der Waals surface area contributed by atoms with Crippen LogP contribution >= 0.6 is 0 Å². The average molecular weight is 331 g/mol. The Kier molecular flexibility index (Phi) is 4.42. The number of rotatable bonds is 4. The van der Waals surface area contributed by atoms with Crippen molar-refractivity contribution < 1.29 is 4.79 Å². The van der Waals surface area contributed by atoms with Gasteiger partial charge in [-0.15, -0.1) is 0 Å². The Morgan fingerprint density at radius 2 is 1.80 bits per heavy atom. The highest BCUT2D eigenvalue weighted by molar-refractivity contribution is 5.82. The number of nitrogens with zero attached hydrogens (tertiary/aromatic N) is 3. The van der Waals surface area contributed by atoms with Crippen LogP contribution in [0, 0.1) is 0 Å². The summed E-state index contributed by atoms with van der Waals surface area (Å²) in [4.78, 5) is 22.5. The lowest BCUT2D eigenvalue weighted by atomic mass is 10.0. The van der Waals surface area contributed by atoms with Crippen molar-refractivity contribution in [2.45, 2.75) is 25.7 Å². The number of carbonyl (C=O) groups is 1. The number of aldehydes is 1. The van der Waals surface area contributed by atoms with Crippen molar-refractivity contribution in [1.82, 2.24) is 9.97 Å². The summed E-state index contributed by atoms with van der Waals surface area (Å²) < 4.78 is 0. The molecular formula is C21H21N3O. The summed E-state index contributed by atoms with van der Waals surface area (Å²) in [5.74, 6) is 0.971. The standard InChI is InChI=1S/C21H21N3O/c25-12-9-16-5-4-6-17(13-16)18-7-8-19-20(14-18)23-21(15-22-19)24-10-2-1-3-11-24/h4-8,12-15H,1-3,9-11H2. The lowest BCUT2D eigenvalue weighted by molar-refractivity contribution is -0.107. The summed E-state index contributed by atoms with van der Waals surface area (Å²) in [5.41, 5.74) is 5.06. The van der Waals surface area contributed by atoms with E-state index in [0.717, 1.165) is 52.9 Å². The third-order valence-corrected chi connectivity index (χ3v) is 4.79. The van der Waals surface area contributed by atoms with Crippen LogP contribution in [-0.4, -0.2) is 29.3 Å². The van der Waals surface area contributed by atoms with Crippen molar-refractivity contribution in [3.63, 3.8) is 0 Å². The molecule has 4 nitrogen and oxygen atoms in total. The van der Waals surface area contributed by atoms with Gasteiger partial charge in [0.25, 0.3) is 0 Å². The fourth-order valence-corrected chi connectivity index (χ4v) is 3.43. The molecule has 0 bridgehead atoms. The van der Waals surface area contributed by atoms with E-state index in [9.17, 15) is 4.79 Å². The molecule has 0 radical (unpaired) electrons. The first kappa shape index (κ1) is 15.8. The minimum absolute atomic E-state index is 0.445. The Morgan fingerprint density at radius 1 is 0.960 bits per heavy atom. The first-order chi connectivity index (χ1) is 12.3. The van der Waals surface area contributed by atoms with Gasteiger partial charge in [-0.05, 0) is 48.1 Å². The lowest BCUT2D eigenvalue weighted by Crippen LogP contribution is -2.30. The first-order valence-electron chi connectivity index (χ1n) is 8.88. The van der Waals surface area contributed by atoms with E-state index >= 15 is 0 Å². The van der Waals surface area contributed by atoms with E-state index < -0.39 is 0 Å². The maximum absolute atomic E-state index is 10.8. The molecule has 126 valence electrons. The fourth-order valence-electron chi connectivity index (χ4n) is 3.43. The highest BCUT2D eigenvalue weighted by Crippen LogP contribution is 2.25. The number of piperidine rings is 1. The highest BCUT2D eigenvalue weighted by Gasteiger charge is 2.13. The minimum Gasteiger partial charge on any atom is -0.355 e. The molecule has 2 aromatic carbocycles. The molecule has 4 heteroatoms. The van der Waals surface area contributed by atoms with Crippen molar-refractivity contribution in [3.05, 3.63) is 54.2 Å².